The number of thiazole rings is 1. The van der Waals surface area contributed by atoms with Crippen LogP contribution in [0.3, 0.4) is 0 Å². The van der Waals surface area contributed by atoms with Crippen LogP contribution in [0.4, 0.5) is 5.13 Å². The lowest BCUT2D eigenvalue weighted by Crippen LogP contribution is -2.36. The molecule has 0 amide bonds. The van der Waals surface area contributed by atoms with Crippen LogP contribution in [0, 0.1) is 0 Å². The first-order chi connectivity index (χ1) is 7.81. The van der Waals surface area contributed by atoms with E-state index in [4.69, 9.17) is 4.74 Å². The number of hydrogen-bond acceptors (Lipinski definition) is 5. The van der Waals surface area contributed by atoms with Gasteiger partial charge in [-0.3, -0.25) is 0 Å². The summed E-state index contributed by atoms with van der Waals surface area (Å²) in [6.07, 6.45) is 0. The minimum atomic E-state index is 0.344. The zero-order chi connectivity index (χ0) is 11.4. The Balaban J connectivity index is 2.00. The lowest BCUT2D eigenvalue weighted by atomic mass is 10.2. The highest BCUT2D eigenvalue weighted by atomic mass is 32.1. The van der Waals surface area contributed by atoms with Gasteiger partial charge in [-0.25, -0.2) is 4.98 Å². The number of aromatic nitrogens is 1. The number of morpholine rings is 1. The zero-order valence-electron chi connectivity index (χ0n) is 9.90. The second-order valence-corrected chi connectivity index (χ2v) is 4.77. The normalized spacial score (nSPS) is 18.8. The van der Waals surface area contributed by atoms with Crippen LogP contribution in [-0.2, 0) is 4.74 Å². The zero-order valence-corrected chi connectivity index (χ0v) is 10.7. The highest BCUT2D eigenvalue weighted by Gasteiger charge is 2.16. The molecule has 0 spiro atoms. The smallest absolute Gasteiger partial charge is 0.185 e. The third-order valence-electron chi connectivity index (χ3n) is 2.75. The lowest BCUT2D eigenvalue weighted by Gasteiger charge is -2.26. The van der Waals surface area contributed by atoms with Gasteiger partial charge in [-0.05, 0) is 13.5 Å². The molecule has 0 bridgehead atoms. The number of hydrogen-bond donors (Lipinski definition) is 1. The summed E-state index contributed by atoms with van der Waals surface area (Å²) >= 11 is 1.73. The van der Waals surface area contributed by atoms with Gasteiger partial charge < -0.3 is 15.0 Å². The Morgan fingerprint density at radius 3 is 3.00 bits per heavy atom. The molecule has 2 heterocycles. The maximum Gasteiger partial charge on any atom is 0.185 e. The SMILES string of the molecule is CCNC(C)c1csc(N2CCOCC2)n1. The molecular formula is C11H19N3OS. The molecule has 1 aromatic rings. The molecule has 1 N–H and O–H groups in total. The van der Waals surface area contributed by atoms with Gasteiger partial charge >= 0.3 is 0 Å². The van der Waals surface area contributed by atoms with Gasteiger partial charge in [0.05, 0.1) is 18.9 Å². The molecular weight excluding hydrogens is 222 g/mol. The van der Waals surface area contributed by atoms with E-state index in [1.807, 2.05) is 0 Å². The van der Waals surface area contributed by atoms with Gasteiger partial charge in [-0.2, -0.15) is 0 Å². The first-order valence-corrected chi connectivity index (χ1v) is 6.70. The second-order valence-electron chi connectivity index (χ2n) is 3.93. The van der Waals surface area contributed by atoms with Crippen molar-refractivity contribution in [3.8, 4) is 0 Å². The van der Waals surface area contributed by atoms with Crippen LogP contribution >= 0.6 is 11.3 Å². The van der Waals surface area contributed by atoms with Crippen molar-refractivity contribution in [2.45, 2.75) is 19.9 Å². The first-order valence-electron chi connectivity index (χ1n) is 5.82. The highest BCUT2D eigenvalue weighted by Crippen LogP contribution is 2.24. The molecule has 1 atom stereocenters. The molecule has 4 nitrogen and oxygen atoms in total. The molecule has 0 aromatic carbocycles. The minimum Gasteiger partial charge on any atom is -0.378 e. The monoisotopic (exact) mass is 241 g/mol. The summed E-state index contributed by atoms with van der Waals surface area (Å²) in [6, 6.07) is 0.344. The molecule has 0 aliphatic carbocycles. The van der Waals surface area contributed by atoms with Gasteiger partial charge in [0, 0.05) is 24.5 Å². The summed E-state index contributed by atoms with van der Waals surface area (Å²) in [5.41, 5.74) is 1.15. The van der Waals surface area contributed by atoms with Crippen molar-refractivity contribution in [1.82, 2.24) is 10.3 Å². The van der Waals surface area contributed by atoms with Crippen molar-refractivity contribution in [2.75, 3.05) is 37.7 Å². The van der Waals surface area contributed by atoms with E-state index in [-0.39, 0.29) is 0 Å². The molecule has 5 heteroatoms. The summed E-state index contributed by atoms with van der Waals surface area (Å²) in [7, 11) is 0. The third-order valence-corrected chi connectivity index (χ3v) is 3.67. The quantitative estimate of drug-likeness (QED) is 0.870. The van der Waals surface area contributed by atoms with Gasteiger partial charge in [0.2, 0.25) is 0 Å². The Labute approximate surface area is 101 Å². The Morgan fingerprint density at radius 2 is 2.31 bits per heavy atom. The largest absolute Gasteiger partial charge is 0.378 e. The van der Waals surface area contributed by atoms with Crippen molar-refractivity contribution in [3.05, 3.63) is 11.1 Å². The fourth-order valence-electron chi connectivity index (χ4n) is 1.79. The number of ether oxygens (including phenoxy) is 1. The van der Waals surface area contributed by atoms with Crippen LogP contribution in [0.5, 0.6) is 0 Å². The summed E-state index contributed by atoms with van der Waals surface area (Å²) in [5, 5.41) is 6.66. The van der Waals surface area contributed by atoms with E-state index in [1.54, 1.807) is 11.3 Å². The lowest BCUT2D eigenvalue weighted by molar-refractivity contribution is 0.122. The van der Waals surface area contributed by atoms with Crippen molar-refractivity contribution in [2.24, 2.45) is 0 Å². The third kappa shape index (κ3) is 2.72. The molecule has 0 radical (unpaired) electrons. The Kier molecular flexibility index (Phi) is 4.15. The van der Waals surface area contributed by atoms with Crippen LogP contribution in [0.25, 0.3) is 0 Å². The Hall–Kier alpha value is -0.650. The van der Waals surface area contributed by atoms with Gasteiger partial charge in [0.1, 0.15) is 0 Å². The van der Waals surface area contributed by atoms with E-state index in [2.05, 4.69) is 34.4 Å². The average molecular weight is 241 g/mol. The van der Waals surface area contributed by atoms with Crippen LogP contribution < -0.4 is 10.2 Å². The molecule has 2 rings (SSSR count). The summed E-state index contributed by atoms with van der Waals surface area (Å²) in [5.74, 6) is 0. The molecule has 16 heavy (non-hydrogen) atoms. The van der Waals surface area contributed by atoms with Crippen LogP contribution in [0.2, 0.25) is 0 Å². The minimum absolute atomic E-state index is 0.344. The van der Waals surface area contributed by atoms with Crippen LogP contribution in [-0.4, -0.2) is 37.8 Å². The van der Waals surface area contributed by atoms with Gasteiger partial charge in [0.15, 0.2) is 5.13 Å². The first kappa shape index (κ1) is 11.8. The van der Waals surface area contributed by atoms with E-state index in [0.29, 0.717) is 6.04 Å². The van der Waals surface area contributed by atoms with E-state index in [9.17, 15) is 0 Å². The van der Waals surface area contributed by atoms with Gasteiger partial charge in [0.25, 0.3) is 0 Å². The molecule has 1 saturated heterocycles. The molecule has 90 valence electrons. The molecule has 1 aromatic heterocycles. The predicted octanol–water partition coefficient (Wildman–Crippen LogP) is 1.65. The van der Waals surface area contributed by atoms with Crippen molar-refractivity contribution in [1.29, 1.82) is 0 Å². The standard InChI is InChI=1S/C11H19N3OS/c1-3-12-9(2)10-8-16-11(13-10)14-4-6-15-7-5-14/h8-9,12H,3-7H2,1-2H3. The van der Waals surface area contributed by atoms with Crippen molar-refractivity contribution >= 4 is 16.5 Å². The molecule has 1 unspecified atom stereocenters. The van der Waals surface area contributed by atoms with E-state index < -0.39 is 0 Å². The number of anilines is 1. The summed E-state index contributed by atoms with van der Waals surface area (Å²) in [4.78, 5) is 6.98. The number of rotatable bonds is 4. The van der Waals surface area contributed by atoms with Crippen molar-refractivity contribution in [3.63, 3.8) is 0 Å². The number of nitrogens with zero attached hydrogens (tertiary/aromatic N) is 2. The predicted molar refractivity (Wildman–Crippen MR) is 67.2 cm³/mol. The Morgan fingerprint density at radius 1 is 1.56 bits per heavy atom. The van der Waals surface area contributed by atoms with Crippen LogP contribution in [0.15, 0.2) is 5.38 Å². The van der Waals surface area contributed by atoms with Gasteiger partial charge in [-0.15, -0.1) is 11.3 Å². The molecule has 1 fully saturated rings. The van der Waals surface area contributed by atoms with Crippen LogP contribution in [0.1, 0.15) is 25.6 Å². The summed E-state index contributed by atoms with van der Waals surface area (Å²) < 4.78 is 5.34. The fraction of sp³-hybridized carbons (Fsp3) is 0.727. The maximum atomic E-state index is 5.34. The Bertz CT molecular complexity index is 323. The van der Waals surface area contributed by atoms with Gasteiger partial charge in [-0.1, -0.05) is 6.92 Å². The van der Waals surface area contributed by atoms with Crippen molar-refractivity contribution < 1.29 is 4.74 Å². The second kappa shape index (κ2) is 5.61. The summed E-state index contributed by atoms with van der Waals surface area (Å²) in [6.45, 7) is 8.80. The van der Waals surface area contributed by atoms with E-state index >= 15 is 0 Å². The topological polar surface area (TPSA) is 37.4 Å². The molecule has 1 aliphatic heterocycles. The highest BCUT2D eigenvalue weighted by molar-refractivity contribution is 7.13. The molecule has 1 aliphatic rings. The van der Waals surface area contributed by atoms with E-state index in [1.165, 1.54) is 0 Å². The van der Waals surface area contributed by atoms with E-state index in [0.717, 1.165) is 43.7 Å². The maximum absolute atomic E-state index is 5.34. The average Bonchev–Trinajstić information content (AvgIpc) is 2.80. The number of nitrogens with one attached hydrogen (secondary N) is 1. The fourth-order valence-corrected chi connectivity index (χ4v) is 2.76. The molecule has 0 saturated carbocycles.